The van der Waals surface area contributed by atoms with Crippen molar-refractivity contribution in [2.45, 2.75) is 64.6 Å². The summed E-state index contributed by atoms with van der Waals surface area (Å²) in [5.74, 6) is 0.937. The average molecular weight is 436 g/mol. The lowest BCUT2D eigenvalue weighted by atomic mass is 10.0. The molecule has 32 heavy (non-hydrogen) atoms. The molecule has 0 aliphatic heterocycles. The lowest BCUT2D eigenvalue weighted by Crippen LogP contribution is -2.39. The van der Waals surface area contributed by atoms with Crippen LogP contribution in [0, 0.1) is 0 Å². The van der Waals surface area contributed by atoms with E-state index in [0.29, 0.717) is 37.8 Å². The molecule has 4 rings (SSSR count). The van der Waals surface area contributed by atoms with Crippen molar-refractivity contribution in [3.05, 3.63) is 71.3 Å². The zero-order valence-corrected chi connectivity index (χ0v) is 18.9. The van der Waals surface area contributed by atoms with Crippen molar-refractivity contribution in [3.8, 4) is 0 Å². The highest BCUT2D eigenvalue weighted by Crippen LogP contribution is 2.22. The van der Waals surface area contributed by atoms with Gasteiger partial charge in [0.1, 0.15) is 5.76 Å². The zero-order valence-electron chi connectivity index (χ0n) is 18.9. The van der Waals surface area contributed by atoms with E-state index in [4.69, 9.17) is 4.42 Å². The Balaban J connectivity index is 1.43. The van der Waals surface area contributed by atoms with E-state index in [0.717, 1.165) is 49.1 Å². The molecule has 6 nitrogen and oxygen atoms in total. The zero-order chi connectivity index (χ0) is 22.3. The summed E-state index contributed by atoms with van der Waals surface area (Å²) in [6, 6.07) is 11.8. The van der Waals surface area contributed by atoms with Gasteiger partial charge in [-0.05, 0) is 75.3 Å². The van der Waals surface area contributed by atoms with E-state index in [-0.39, 0.29) is 11.8 Å². The molecule has 1 aromatic carbocycles. The topological polar surface area (TPSA) is 65.8 Å². The van der Waals surface area contributed by atoms with Crippen molar-refractivity contribution in [1.29, 1.82) is 0 Å². The Hall–Kier alpha value is -2.86. The Bertz CT molecular complexity index is 930. The maximum absolute atomic E-state index is 13.2. The summed E-state index contributed by atoms with van der Waals surface area (Å²) in [6.45, 7) is 4.20. The summed E-state index contributed by atoms with van der Waals surface area (Å²) < 4.78 is 5.55. The summed E-state index contributed by atoms with van der Waals surface area (Å²) in [5.41, 5.74) is 2.90. The third-order valence-electron chi connectivity index (χ3n) is 6.08. The molecule has 1 aromatic heterocycles. The molecule has 170 valence electrons. The quantitative estimate of drug-likeness (QED) is 0.598. The number of benzene rings is 1. The van der Waals surface area contributed by atoms with Gasteiger partial charge in [-0.15, -0.1) is 0 Å². The molecule has 0 spiro atoms. The van der Waals surface area contributed by atoms with Gasteiger partial charge in [0, 0.05) is 30.4 Å². The summed E-state index contributed by atoms with van der Waals surface area (Å²) in [4.78, 5) is 29.5. The molecule has 0 saturated heterocycles. The molecule has 2 aromatic rings. The number of likely N-dealkylation sites (N-methyl/N-ethyl adjacent to an activating group) is 1. The second-order valence-corrected chi connectivity index (χ2v) is 8.75. The molecule has 2 amide bonds. The first-order valence-electron chi connectivity index (χ1n) is 11.8. The molecule has 6 heteroatoms. The van der Waals surface area contributed by atoms with Crippen molar-refractivity contribution >= 4 is 11.8 Å². The van der Waals surface area contributed by atoms with Gasteiger partial charge in [0.15, 0.2) is 0 Å². The van der Waals surface area contributed by atoms with Crippen molar-refractivity contribution in [1.82, 2.24) is 15.1 Å². The number of furan rings is 1. The number of nitrogens with zero attached hydrogens (tertiary/aromatic N) is 2. The van der Waals surface area contributed by atoms with Crippen LogP contribution in [0.2, 0.25) is 0 Å². The Labute approximate surface area is 190 Å². The van der Waals surface area contributed by atoms with Crippen LogP contribution in [0.4, 0.5) is 0 Å². The van der Waals surface area contributed by atoms with E-state index in [9.17, 15) is 9.59 Å². The van der Waals surface area contributed by atoms with Gasteiger partial charge in [0.2, 0.25) is 5.91 Å². The van der Waals surface area contributed by atoms with Gasteiger partial charge in [-0.3, -0.25) is 14.5 Å². The fourth-order valence-electron chi connectivity index (χ4n) is 4.19. The minimum atomic E-state index is -0.0130. The van der Waals surface area contributed by atoms with E-state index < -0.39 is 0 Å². The third-order valence-corrected chi connectivity index (χ3v) is 6.08. The van der Waals surface area contributed by atoms with Gasteiger partial charge in [0.05, 0.1) is 19.4 Å². The van der Waals surface area contributed by atoms with Gasteiger partial charge in [-0.2, -0.15) is 0 Å². The second-order valence-electron chi connectivity index (χ2n) is 8.75. The van der Waals surface area contributed by atoms with Crippen LogP contribution < -0.4 is 5.32 Å². The lowest BCUT2D eigenvalue weighted by Gasteiger charge is -2.29. The third kappa shape index (κ3) is 6.10. The molecule has 1 N–H and O–H groups in total. The Morgan fingerprint density at radius 3 is 2.53 bits per heavy atom. The second kappa shape index (κ2) is 10.6. The minimum Gasteiger partial charge on any atom is -0.468 e. The van der Waals surface area contributed by atoms with Crippen LogP contribution in [0.15, 0.2) is 58.9 Å². The number of amides is 2. The monoisotopic (exact) mass is 435 g/mol. The number of allylic oxidation sites excluding steroid dienone is 2. The predicted molar refractivity (Wildman–Crippen MR) is 124 cm³/mol. The van der Waals surface area contributed by atoms with Crippen LogP contribution in [0.3, 0.4) is 0 Å². The molecule has 0 atom stereocenters. The molecule has 1 heterocycles. The summed E-state index contributed by atoms with van der Waals surface area (Å²) in [5, 5.41) is 3.02. The molecular formula is C26H33N3O3. The highest BCUT2D eigenvalue weighted by Gasteiger charge is 2.24. The van der Waals surface area contributed by atoms with E-state index >= 15 is 0 Å². The number of carbonyl (C=O) groups is 2. The Kier molecular flexibility index (Phi) is 7.43. The van der Waals surface area contributed by atoms with Gasteiger partial charge in [-0.25, -0.2) is 0 Å². The maximum atomic E-state index is 13.2. The number of nitrogens with one attached hydrogen (secondary N) is 1. The van der Waals surface area contributed by atoms with Crippen LogP contribution in [0.5, 0.6) is 0 Å². The molecule has 1 saturated carbocycles. The first-order chi connectivity index (χ1) is 15.6. The van der Waals surface area contributed by atoms with Crippen molar-refractivity contribution in [3.63, 3.8) is 0 Å². The van der Waals surface area contributed by atoms with Crippen LogP contribution in [0.1, 0.15) is 67.1 Å². The van der Waals surface area contributed by atoms with Gasteiger partial charge in [0.25, 0.3) is 5.91 Å². The highest BCUT2D eigenvalue weighted by atomic mass is 16.3. The van der Waals surface area contributed by atoms with Gasteiger partial charge in [-0.1, -0.05) is 18.2 Å². The minimum absolute atomic E-state index is 0.0130. The number of hydrogen-bond donors (Lipinski definition) is 1. The van der Waals surface area contributed by atoms with Gasteiger partial charge >= 0.3 is 0 Å². The smallest absolute Gasteiger partial charge is 0.251 e. The van der Waals surface area contributed by atoms with E-state index in [1.807, 2.05) is 48.2 Å². The van der Waals surface area contributed by atoms with E-state index in [1.165, 1.54) is 6.42 Å². The molecular weight excluding hydrogens is 402 g/mol. The van der Waals surface area contributed by atoms with Crippen LogP contribution in [-0.4, -0.2) is 40.7 Å². The highest BCUT2D eigenvalue weighted by molar-refractivity contribution is 5.94. The van der Waals surface area contributed by atoms with Crippen molar-refractivity contribution in [2.75, 3.05) is 13.1 Å². The fraction of sp³-hybridized carbons (Fsp3) is 0.462. The van der Waals surface area contributed by atoms with E-state index in [1.54, 1.807) is 6.26 Å². The van der Waals surface area contributed by atoms with Crippen LogP contribution in [-0.2, 0) is 17.9 Å². The predicted octanol–water partition coefficient (Wildman–Crippen LogP) is 4.48. The Morgan fingerprint density at radius 1 is 1.09 bits per heavy atom. The molecule has 1 fully saturated rings. The number of hydrogen-bond acceptors (Lipinski definition) is 4. The fourth-order valence-corrected chi connectivity index (χ4v) is 4.19. The first-order valence-corrected chi connectivity index (χ1v) is 11.8. The average Bonchev–Trinajstić information content (AvgIpc) is 3.47. The van der Waals surface area contributed by atoms with E-state index in [2.05, 4.69) is 16.3 Å². The Morgan fingerprint density at radius 2 is 1.91 bits per heavy atom. The first kappa shape index (κ1) is 22.3. The molecule has 0 unspecified atom stereocenters. The van der Waals surface area contributed by atoms with Crippen LogP contribution >= 0.6 is 0 Å². The summed E-state index contributed by atoms with van der Waals surface area (Å²) >= 11 is 0. The largest absolute Gasteiger partial charge is 0.468 e. The molecule has 0 bridgehead atoms. The normalized spacial score (nSPS) is 16.0. The SMILES string of the molecule is CCN(C(=O)CN(Cc1ccc(C(=O)NC2CC2)cc1)Cc1ccco1)C1=CCCCC1. The van der Waals surface area contributed by atoms with Gasteiger partial charge < -0.3 is 14.6 Å². The number of rotatable bonds is 10. The summed E-state index contributed by atoms with van der Waals surface area (Å²) in [7, 11) is 0. The number of carbonyl (C=O) groups excluding carboxylic acids is 2. The molecule has 2 aliphatic rings. The summed E-state index contributed by atoms with van der Waals surface area (Å²) in [6.07, 6.45) is 10.4. The van der Waals surface area contributed by atoms with Crippen LogP contribution in [0.25, 0.3) is 0 Å². The maximum Gasteiger partial charge on any atom is 0.251 e. The molecule has 2 aliphatic carbocycles. The lowest BCUT2D eigenvalue weighted by molar-refractivity contribution is -0.130. The standard InChI is InChI=1S/C26H33N3O3/c1-2-29(23-7-4-3-5-8-23)25(30)19-28(18-24-9-6-16-32-24)17-20-10-12-21(13-11-20)26(31)27-22-14-15-22/h6-7,9-13,16,22H,2-5,8,14-15,17-19H2,1H3,(H,27,31). The molecule has 0 radical (unpaired) electrons. The van der Waals surface area contributed by atoms with Crippen molar-refractivity contribution < 1.29 is 14.0 Å². The van der Waals surface area contributed by atoms with Crippen molar-refractivity contribution in [2.24, 2.45) is 0 Å².